The van der Waals surface area contributed by atoms with E-state index in [1.807, 2.05) is 60.3 Å². The summed E-state index contributed by atoms with van der Waals surface area (Å²) >= 11 is 0. The Bertz CT molecular complexity index is 1580. The van der Waals surface area contributed by atoms with Gasteiger partial charge in [-0.05, 0) is 48.9 Å². The van der Waals surface area contributed by atoms with Crippen LogP contribution in [0.1, 0.15) is 11.4 Å². The number of hydrogen-bond acceptors (Lipinski definition) is 6. The molecule has 8 heteroatoms. The summed E-state index contributed by atoms with van der Waals surface area (Å²) in [5.41, 5.74) is 5.01. The SMILES string of the molecule is Cc1nnc(-c2ccc3ncnc(Nc4ccc5c(cnn5Cc5ccccc5)c4)c3c2)[nH]1. The molecule has 160 valence electrons. The predicted molar refractivity (Wildman–Crippen MR) is 128 cm³/mol. The number of fused-ring (bicyclic) bond motifs is 2. The van der Waals surface area contributed by atoms with Crippen LogP contribution in [0.2, 0.25) is 0 Å². The summed E-state index contributed by atoms with van der Waals surface area (Å²) < 4.78 is 2.01. The zero-order valence-electron chi connectivity index (χ0n) is 17.9. The van der Waals surface area contributed by atoms with Crippen LogP contribution in [0.4, 0.5) is 11.5 Å². The molecule has 0 saturated carbocycles. The van der Waals surface area contributed by atoms with E-state index in [4.69, 9.17) is 0 Å². The molecule has 0 saturated heterocycles. The maximum Gasteiger partial charge on any atom is 0.161 e. The van der Waals surface area contributed by atoms with Gasteiger partial charge in [0.2, 0.25) is 0 Å². The summed E-state index contributed by atoms with van der Waals surface area (Å²) in [6, 6.07) is 22.5. The Morgan fingerprint density at radius 1 is 0.939 bits per heavy atom. The molecule has 0 fully saturated rings. The number of aromatic nitrogens is 7. The van der Waals surface area contributed by atoms with Crippen LogP contribution in [0.3, 0.4) is 0 Å². The Morgan fingerprint density at radius 2 is 1.85 bits per heavy atom. The van der Waals surface area contributed by atoms with Crippen LogP contribution in [-0.4, -0.2) is 34.9 Å². The fraction of sp³-hybridized carbons (Fsp3) is 0.0800. The van der Waals surface area contributed by atoms with E-state index in [0.29, 0.717) is 0 Å². The van der Waals surface area contributed by atoms with E-state index in [-0.39, 0.29) is 0 Å². The number of hydrogen-bond donors (Lipinski definition) is 2. The van der Waals surface area contributed by atoms with Crippen molar-refractivity contribution in [3.8, 4) is 11.4 Å². The van der Waals surface area contributed by atoms with Gasteiger partial charge in [-0.3, -0.25) is 4.68 Å². The van der Waals surface area contributed by atoms with Gasteiger partial charge < -0.3 is 10.3 Å². The summed E-state index contributed by atoms with van der Waals surface area (Å²) in [5.74, 6) is 2.22. The van der Waals surface area contributed by atoms with E-state index in [1.54, 1.807) is 6.33 Å². The fourth-order valence-electron chi connectivity index (χ4n) is 3.96. The van der Waals surface area contributed by atoms with Crippen LogP contribution in [-0.2, 0) is 6.54 Å². The van der Waals surface area contributed by atoms with Gasteiger partial charge in [-0.15, -0.1) is 10.2 Å². The maximum absolute atomic E-state index is 4.58. The molecule has 0 bridgehead atoms. The molecule has 0 radical (unpaired) electrons. The largest absolute Gasteiger partial charge is 0.340 e. The average molecular weight is 432 g/mol. The van der Waals surface area contributed by atoms with Gasteiger partial charge in [0.1, 0.15) is 18.0 Å². The minimum atomic E-state index is 0.719. The van der Waals surface area contributed by atoms with Gasteiger partial charge in [-0.25, -0.2) is 9.97 Å². The lowest BCUT2D eigenvalue weighted by Crippen LogP contribution is -2.01. The molecule has 0 atom stereocenters. The van der Waals surface area contributed by atoms with E-state index in [2.05, 4.69) is 59.8 Å². The molecule has 0 spiro atoms. The third kappa shape index (κ3) is 3.67. The van der Waals surface area contributed by atoms with Crippen molar-refractivity contribution in [1.82, 2.24) is 34.9 Å². The summed E-state index contributed by atoms with van der Waals surface area (Å²) in [6.07, 6.45) is 3.46. The van der Waals surface area contributed by atoms with Crippen LogP contribution >= 0.6 is 0 Å². The first-order valence-electron chi connectivity index (χ1n) is 10.6. The second kappa shape index (κ2) is 7.83. The zero-order chi connectivity index (χ0) is 22.2. The number of benzene rings is 3. The van der Waals surface area contributed by atoms with E-state index in [0.717, 1.165) is 57.1 Å². The van der Waals surface area contributed by atoms with Crippen molar-refractivity contribution < 1.29 is 0 Å². The quantitative estimate of drug-likeness (QED) is 0.404. The van der Waals surface area contributed by atoms with Gasteiger partial charge >= 0.3 is 0 Å². The Hall–Kier alpha value is -4.59. The van der Waals surface area contributed by atoms with Crippen molar-refractivity contribution in [2.75, 3.05) is 5.32 Å². The number of aryl methyl sites for hydroxylation is 1. The predicted octanol–water partition coefficient (Wildman–Crippen LogP) is 4.86. The Labute approximate surface area is 189 Å². The molecule has 6 aromatic rings. The Kier molecular flexibility index (Phi) is 4.54. The smallest absolute Gasteiger partial charge is 0.161 e. The molecule has 0 amide bonds. The monoisotopic (exact) mass is 432 g/mol. The van der Waals surface area contributed by atoms with Crippen molar-refractivity contribution in [3.63, 3.8) is 0 Å². The standard InChI is InChI=1S/C25H20N8/c1-16-29-24(32-31-16)18-7-9-22-21(12-18)25(27-15-26-22)30-20-8-10-23-19(11-20)13-28-33(23)14-17-5-3-2-4-6-17/h2-13,15H,14H2,1H3,(H,26,27,30)(H,29,31,32). The molecule has 0 aliphatic heterocycles. The molecular weight excluding hydrogens is 412 g/mol. The molecule has 3 aromatic heterocycles. The van der Waals surface area contributed by atoms with Crippen molar-refractivity contribution in [3.05, 3.63) is 90.6 Å². The number of nitrogens with zero attached hydrogens (tertiary/aromatic N) is 6. The lowest BCUT2D eigenvalue weighted by Gasteiger charge is -2.10. The Morgan fingerprint density at radius 3 is 2.70 bits per heavy atom. The number of aromatic amines is 1. The molecular formula is C25H20N8. The average Bonchev–Trinajstić information content (AvgIpc) is 3.46. The zero-order valence-corrected chi connectivity index (χ0v) is 17.9. The van der Waals surface area contributed by atoms with E-state index >= 15 is 0 Å². The third-order valence-electron chi connectivity index (χ3n) is 5.59. The minimum Gasteiger partial charge on any atom is -0.340 e. The molecule has 8 nitrogen and oxygen atoms in total. The fourth-order valence-corrected chi connectivity index (χ4v) is 3.96. The molecule has 3 aromatic carbocycles. The lowest BCUT2D eigenvalue weighted by atomic mass is 10.1. The van der Waals surface area contributed by atoms with Gasteiger partial charge in [0.15, 0.2) is 5.82 Å². The van der Waals surface area contributed by atoms with Crippen molar-refractivity contribution in [1.29, 1.82) is 0 Å². The van der Waals surface area contributed by atoms with Crippen molar-refractivity contribution >= 4 is 33.3 Å². The van der Waals surface area contributed by atoms with Gasteiger partial charge in [-0.1, -0.05) is 30.3 Å². The van der Waals surface area contributed by atoms with Gasteiger partial charge in [0.05, 0.1) is 23.8 Å². The van der Waals surface area contributed by atoms with Crippen molar-refractivity contribution in [2.24, 2.45) is 0 Å². The number of rotatable bonds is 5. The summed E-state index contributed by atoms with van der Waals surface area (Å²) in [5, 5.41) is 18.3. The highest BCUT2D eigenvalue weighted by molar-refractivity contribution is 5.94. The number of H-pyrrole nitrogens is 1. The maximum atomic E-state index is 4.58. The highest BCUT2D eigenvalue weighted by atomic mass is 15.3. The lowest BCUT2D eigenvalue weighted by molar-refractivity contribution is 0.712. The summed E-state index contributed by atoms with van der Waals surface area (Å²) in [7, 11) is 0. The minimum absolute atomic E-state index is 0.719. The van der Waals surface area contributed by atoms with Crippen LogP contribution in [0.5, 0.6) is 0 Å². The first kappa shape index (κ1) is 19.1. The Balaban J connectivity index is 1.33. The molecule has 0 aliphatic rings. The van der Waals surface area contributed by atoms with Crippen molar-refractivity contribution in [2.45, 2.75) is 13.5 Å². The van der Waals surface area contributed by atoms with Gasteiger partial charge in [-0.2, -0.15) is 5.10 Å². The van der Waals surface area contributed by atoms with E-state index in [1.165, 1.54) is 5.56 Å². The highest BCUT2D eigenvalue weighted by Gasteiger charge is 2.10. The number of anilines is 2. The first-order chi connectivity index (χ1) is 16.2. The summed E-state index contributed by atoms with van der Waals surface area (Å²) in [6.45, 7) is 2.61. The molecule has 2 N–H and O–H groups in total. The molecule has 6 rings (SSSR count). The van der Waals surface area contributed by atoms with E-state index < -0.39 is 0 Å². The second-order valence-corrected chi connectivity index (χ2v) is 7.90. The highest BCUT2D eigenvalue weighted by Crippen LogP contribution is 2.28. The third-order valence-corrected chi connectivity index (χ3v) is 5.59. The van der Waals surface area contributed by atoms with Crippen LogP contribution in [0, 0.1) is 6.92 Å². The topological polar surface area (TPSA) is 97.2 Å². The molecule has 3 heterocycles. The van der Waals surface area contributed by atoms with E-state index in [9.17, 15) is 0 Å². The van der Waals surface area contributed by atoms with Gasteiger partial charge in [0.25, 0.3) is 0 Å². The second-order valence-electron chi connectivity index (χ2n) is 7.90. The molecule has 33 heavy (non-hydrogen) atoms. The first-order valence-corrected chi connectivity index (χ1v) is 10.6. The summed E-state index contributed by atoms with van der Waals surface area (Å²) in [4.78, 5) is 12.1. The van der Waals surface area contributed by atoms with Crippen LogP contribution in [0.15, 0.2) is 79.3 Å². The molecule has 0 aliphatic carbocycles. The number of nitrogens with one attached hydrogen (secondary N) is 2. The van der Waals surface area contributed by atoms with Crippen LogP contribution < -0.4 is 5.32 Å². The molecule has 0 unspecified atom stereocenters. The normalized spacial score (nSPS) is 11.3. The van der Waals surface area contributed by atoms with Gasteiger partial charge in [0, 0.05) is 22.0 Å². The van der Waals surface area contributed by atoms with Crippen LogP contribution in [0.25, 0.3) is 33.2 Å².